The molecule has 18 heavy (non-hydrogen) atoms. The lowest BCUT2D eigenvalue weighted by Crippen LogP contribution is -1.99. The van der Waals surface area contributed by atoms with Gasteiger partial charge in [-0.05, 0) is 35.7 Å². The molecule has 2 aromatic rings. The first kappa shape index (κ1) is 12.6. The Kier molecular flexibility index (Phi) is 4.35. The molecule has 1 nitrogen and oxygen atoms in total. The molecule has 0 heterocycles. The molecule has 0 atom stereocenters. The molecule has 2 aromatic carbocycles. The van der Waals surface area contributed by atoms with Gasteiger partial charge in [-0.1, -0.05) is 43.7 Å². The second-order valence-corrected chi connectivity index (χ2v) is 4.28. The number of hydrogen-bond acceptors (Lipinski definition) is 1. The number of benzene rings is 2. The summed E-state index contributed by atoms with van der Waals surface area (Å²) < 4.78 is 18.9. The lowest BCUT2D eigenvalue weighted by Gasteiger charge is -2.11. The van der Waals surface area contributed by atoms with Crippen molar-refractivity contribution in [1.29, 1.82) is 0 Å². The van der Waals surface area contributed by atoms with E-state index >= 15 is 0 Å². The highest BCUT2D eigenvalue weighted by atomic mass is 19.1. The van der Waals surface area contributed by atoms with Gasteiger partial charge in [0.05, 0.1) is 0 Å². The van der Waals surface area contributed by atoms with Gasteiger partial charge in [-0.15, -0.1) is 0 Å². The maximum atomic E-state index is 13.2. The van der Waals surface area contributed by atoms with E-state index < -0.39 is 0 Å². The Morgan fingerprint density at radius 1 is 1.06 bits per heavy atom. The molecular weight excluding hydrogens is 227 g/mol. The highest BCUT2D eigenvalue weighted by Gasteiger charge is 2.05. The van der Waals surface area contributed by atoms with Crippen molar-refractivity contribution in [3.8, 4) is 5.75 Å². The van der Waals surface area contributed by atoms with Gasteiger partial charge in [0.1, 0.15) is 18.2 Å². The van der Waals surface area contributed by atoms with Crippen LogP contribution in [0.2, 0.25) is 0 Å². The third kappa shape index (κ3) is 3.33. The van der Waals surface area contributed by atoms with Crippen molar-refractivity contribution in [3.05, 3.63) is 65.5 Å². The van der Waals surface area contributed by atoms with Crippen molar-refractivity contribution >= 4 is 0 Å². The molecule has 94 valence electrons. The standard InChI is InChI=1S/C16H17FO/c1-2-6-14-11-15(17)9-10-16(14)18-12-13-7-4-3-5-8-13/h3-5,7-11H,2,6,12H2,1H3. The largest absolute Gasteiger partial charge is 0.489 e. The van der Waals surface area contributed by atoms with Gasteiger partial charge in [-0.25, -0.2) is 4.39 Å². The van der Waals surface area contributed by atoms with Gasteiger partial charge < -0.3 is 4.74 Å². The number of hydrogen-bond donors (Lipinski definition) is 0. The van der Waals surface area contributed by atoms with E-state index in [1.165, 1.54) is 6.07 Å². The van der Waals surface area contributed by atoms with E-state index in [1.807, 2.05) is 30.3 Å². The minimum Gasteiger partial charge on any atom is -0.489 e. The van der Waals surface area contributed by atoms with Crippen LogP contribution in [0.25, 0.3) is 0 Å². The van der Waals surface area contributed by atoms with Crippen LogP contribution in [0.15, 0.2) is 48.5 Å². The molecule has 0 saturated carbocycles. The van der Waals surface area contributed by atoms with Gasteiger partial charge in [0.15, 0.2) is 0 Å². The summed E-state index contributed by atoms with van der Waals surface area (Å²) in [6.45, 7) is 2.59. The summed E-state index contributed by atoms with van der Waals surface area (Å²) in [7, 11) is 0. The zero-order valence-electron chi connectivity index (χ0n) is 10.5. The van der Waals surface area contributed by atoms with Crippen LogP contribution in [0.4, 0.5) is 4.39 Å². The molecule has 0 bridgehead atoms. The number of rotatable bonds is 5. The highest BCUT2D eigenvalue weighted by Crippen LogP contribution is 2.22. The molecule has 0 amide bonds. The van der Waals surface area contributed by atoms with Crippen molar-refractivity contribution in [2.75, 3.05) is 0 Å². The lowest BCUT2D eigenvalue weighted by atomic mass is 10.1. The Morgan fingerprint density at radius 3 is 2.56 bits per heavy atom. The molecule has 0 aliphatic carbocycles. The summed E-state index contributed by atoms with van der Waals surface area (Å²) in [4.78, 5) is 0. The van der Waals surface area contributed by atoms with Crippen LogP contribution in [0.1, 0.15) is 24.5 Å². The number of halogens is 1. The molecule has 0 radical (unpaired) electrons. The zero-order chi connectivity index (χ0) is 12.8. The SMILES string of the molecule is CCCc1cc(F)ccc1OCc1ccccc1. The predicted octanol–water partition coefficient (Wildman–Crippen LogP) is 4.36. The Morgan fingerprint density at radius 2 is 1.83 bits per heavy atom. The van der Waals surface area contributed by atoms with Gasteiger partial charge in [-0.3, -0.25) is 0 Å². The number of ether oxygens (including phenoxy) is 1. The lowest BCUT2D eigenvalue weighted by molar-refractivity contribution is 0.302. The van der Waals surface area contributed by atoms with Gasteiger partial charge >= 0.3 is 0 Å². The third-order valence-electron chi connectivity index (χ3n) is 2.78. The Bertz CT molecular complexity index is 494. The van der Waals surface area contributed by atoms with Crippen LogP contribution in [-0.4, -0.2) is 0 Å². The summed E-state index contributed by atoms with van der Waals surface area (Å²) in [6, 6.07) is 14.7. The monoisotopic (exact) mass is 244 g/mol. The molecule has 0 aromatic heterocycles. The Labute approximate surface area is 107 Å². The van der Waals surface area contributed by atoms with Crippen molar-refractivity contribution in [1.82, 2.24) is 0 Å². The average molecular weight is 244 g/mol. The molecule has 0 unspecified atom stereocenters. The van der Waals surface area contributed by atoms with E-state index in [2.05, 4.69) is 6.92 Å². The van der Waals surface area contributed by atoms with Gasteiger partial charge in [-0.2, -0.15) is 0 Å². The zero-order valence-corrected chi connectivity index (χ0v) is 10.5. The van der Waals surface area contributed by atoms with E-state index in [-0.39, 0.29) is 5.82 Å². The Hall–Kier alpha value is -1.83. The first-order valence-corrected chi connectivity index (χ1v) is 6.24. The summed E-state index contributed by atoms with van der Waals surface area (Å²) in [5, 5.41) is 0. The van der Waals surface area contributed by atoms with Gasteiger partial charge in [0.2, 0.25) is 0 Å². The third-order valence-corrected chi connectivity index (χ3v) is 2.78. The summed E-state index contributed by atoms with van der Waals surface area (Å²) in [5.74, 6) is 0.576. The van der Waals surface area contributed by atoms with Crippen LogP contribution < -0.4 is 4.74 Å². The van der Waals surface area contributed by atoms with Crippen LogP contribution in [0.3, 0.4) is 0 Å². The fraction of sp³-hybridized carbons (Fsp3) is 0.250. The highest BCUT2D eigenvalue weighted by molar-refractivity contribution is 5.34. The minimum absolute atomic E-state index is 0.203. The first-order chi connectivity index (χ1) is 8.79. The van der Waals surface area contributed by atoms with Crippen molar-refractivity contribution in [2.45, 2.75) is 26.4 Å². The van der Waals surface area contributed by atoms with E-state index in [1.54, 1.807) is 12.1 Å². The van der Waals surface area contributed by atoms with E-state index in [0.717, 1.165) is 29.7 Å². The van der Waals surface area contributed by atoms with E-state index in [4.69, 9.17) is 4.74 Å². The maximum absolute atomic E-state index is 13.2. The smallest absolute Gasteiger partial charge is 0.123 e. The van der Waals surface area contributed by atoms with E-state index in [0.29, 0.717) is 6.61 Å². The fourth-order valence-electron chi connectivity index (χ4n) is 1.89. The molecule has 2 rings (SSSR count). The normalized spacial score (nSPS) is 10.3. The van der Waals surface area contributed by atoms with Gasteiger partial charge in [0, 0.05) is 0 Å². The quantitative estimate of drug-likeness (QED) is 0.759. The van der Waals surface area contributed by atoms with Crippen LogP contribution in [-0.2, 0) is 13.0 Å². The summed E-state index contributed by atoms with van der Waals surface area (Å²) in [6.07, 6.45) is 1.81. The van der Waals surface area contributed by atoms with Crippen LogP contribution in [0, 0.1) is 5.82 Å². The van der Waals surface area contributed by atoms with Crippen LogP contribution in [0.5, 0.6) is 5.75 Å². The second-order valence-electron chi connectivity index (χ2n) is 4.28. The molecular formula is C16H17FO. The van der Waals surface area contributed by atoms with Crippen molar-refractivity contribution < 1.29 is 9.13 Å². The minimum atomic E-state index is -0.203. The van der Waals surface area contributed by atoms with Crippen molar-refractivity contribution in [2.24, 2.45) is 0 Å². The fourth-order valence-corrected chi connectivity index (χ4v) is 1.89. The molecule has 0 aliphatic rings. The molecule has 0 aliphatic heterocycles. The molecule has 2 heteroatoms. The average Bonchev–Trinajstić information content (AvgIpc) is 2.39. The molecule has 0 N–H and O–H groups in total. The van der Waals surface area contributed by atoms with Gasteiger partial charge in [0.25, 0.3) is 0 Å². The Balaban J connectivity index is 2.09. The topological polar surface area (TPSA) is 9.23 Å². The summed E-state index contributed by atoms with van der Waals surface area (Å²) in [5.41, 5.74) is 2.05. The van der Waals surface area contributed by atoms with Crippen LogP contribution >= 0.6 is 0 Å². The first-order valence-electron chi connectivity index (χ1n) is 6.24. The molecule has 0 fully saturated rings. The number of aryl methyl sites for hydroxylation is 1. The van der Waals surface area contributed by atoms with Crippen molar-refractivity contribution in [3.63, 3.8) is 0 Å². The molecule has 0 saturated heterocycles. The molecule has 0 spiro atoms. The summed E-state index contributed by atoms with van der Waals surface area (Å²) >= 11 is 0. The predicted molar refractivity (Wildman–Crippen MR) is 71.2 cm³/mol. The second kappa shape index (κ2) is 6.20. The maximum Gasteiger partial charge on any atom is 0.123 e. The van der Waals surface area contributed by atoms with E-state index in [9.17, 15) is 4.39 Å².